The zero-order valence-electron chi connectivity index (χ0n) is 9.60. The van der Waals surface area contributed by atoms with E-state index < -0.39 is 5.54 Å². The molecule has 0 unspecified atom stereocenters. The van der Waals surface area contributed by atoms with Gasteiger partial charge in [-0.2, -0.15) is 11.8 Å². The minimum absolute atomic E-state index is 0.368. The Kier molecular flexibility index (Phi) is 4.83. The minimum Gasteiger partial charge on any atom is -0.468 e. The lowest BCUT2D eigenvalue weighted by Gasteiger charge is -2.20. The van der Waals surface area contributed by atoms with E-state index in [-0.39, 0.29) is 5.97 Å². The summed E-state index contributed by atoms with van der Waals surface area (Å²) in [4.78, 5) is 11.3. The molecule has 0 fully saturated rings. The number of methoxy groups -OCH3 is 1. The number of benzene rings is 1. The molecule has 2 N–H and O–H groups in total. The van der Waals surface area contributed by atoms with Crippen molar-refractivity contribution in [3.05, 3.63) is 35.9 Å². The number of rotatable bonds is 5. The molecule has 0 amide bonds. The first-order chi connectivity index (χ1) is 7.56. The van der Waals surface area contributed by atoms with Crippen LogP contribution in [0.1, 0.15) is 12.5 Å². The van der Waals surface area contributed by atoms with E-state index in [1.54, 1.807) is 18.7 Å². The average Bonchev–Trinajstić information content (AvgIpc) is 2.29. The molecule has 0 bridgehead atoms. The fourth-order valence-corrected chi connectivity index (χ4v) is 2.32. The van der Waals surface area contributed by atoms with E-state index in [1.165, 1.54) is 12.7 Å². The summed E-state index contributed by atoms with van der Waals surface area (Å²) in [5, 5.41) is 0. The van der Waals surface area contributed by atoms with Gasteiger partial charge in [-0.1, -0.05) is 30.3 Å². The molecule has 0 aromatic heterocycles. The first-order valence-corrected chi connectivity index (χ1v) is 6.21. The van der Waals surface area contributed by atoms with Gasteiger partial charge in [-0.05, 0) is 12.5 Å². The molecule has 0 aliphatic rings. The van der Waals surface area contributed by atoms with Crippen molar-refractivity contribution in [3.8, 4) is 0 Å². The van der Waals surface area contributed by atoms with Crippen molar-refractivity contribution in [2.24, 2.45) is 5.73 Å². The molecule has 16 heavy (non-hydrogen) atoms. The van der Waals surface area contributed by atoms with Crippen molar-refractivity contribution >= 4 is 17.7 Å². The molecule has 3 nitrogen and oxygen atoms in total. The van der Waals surface area contributed by atoms with Gasteiger partial charge in [0.2, 0.25) is 0 Å². The third-order valence-corrected chi connectivity index (χ3v) is 3.51. The van der Waals surface area contributed by atoms with Crippen LogP contribution in [0, 0.1) is 0 Å². The summed E-state index contributed by atoms with van der Waals surface area (Å²) in [5.41, 5.74) is 6.16. The van der Waals surface area contributed by atoms with Crippen molar-refractivity contribution in [1.82, 2.24) is 0 Å². The molecule has 0 radical (unpaired) electrons. The van der Waals surface area contributed by atoms with Crippen LogP contribution in [0.3, 0.4) is 0 Å². The first-order valence-electron chi connectivity index (χ1n) is 5.05. The van der Waals surface area contributed by atoms with E-state index in [1.807, 2.05) is 18.2 Å². The molecule has 0 aliphatic carbocycles. The van der Waals surface area contributed by atoms with Gasteiger partial charge >= 0.3 is 5.97 Å². The molecule has 1 aromatic carbocycles. The molecule has 1 atom stereocenters. The van der Waals surface area contributed by atoms with E-state index in [0.717, 1.165) is 5.75 Å². The van der Waals surface area contributed by atoms with E-state index >= 15 is 0 Å². The lowest BCUT2D eigenvalue weighted by Crippen LogP contribution is -2.48. The van der Waals surface area contributed by atoms with Crippen LogP contribution in [0.5, 0.6) is 0 Å². The summed E-state index contributed by atoms with van der Waals surface area (Å²) in [6.45, 7) is 1.69. The molecule has 88 valence electrons. The number of carbonyl (C=O) groups is 1. The van der Waals surface area contributed by atoms with Crippen LogP contribution < -0.4 is 5.73 Å². The van der Waals surface area contributed by atoms with Crippen LogP contribution in [0.15, 0.2) is 30.3 Å². The smallest absolute Gasteiger partial charge is 0.326 e. The third kappa shape index (κ3) is 3.87. The van der Waals surface area contributed by atoms with Crippen molar-refractivity contribution in [3.63, 3.8) is 0 Å². The molecule has 1 aromatic rings. The summed E-state index contributed by atoms with van der Waals surface area (Å²) >= 11 is 1.63. The van der Waals surface area contributed by atoms with Gasteiger partial charge in [0.05, 0.1) is 7.11 Å². The van der Waals surface area contributed by atoms with E-state index in [4.69, 9.17) is 5.73 Å². The molecule has 4 heteroatoms. The predicted octanol–water partition coefficient (Wildman–Crippen LogP) is 1.81. The van der Waals surface area contributed by atoms with Gasteiger partial charge in [-0.3, -0.25) is 4.79 Å². The van der Waals surface area contributed by atoms with Gasteiger partial charge in [0.15, 0.2) is 0 Å². The summed E-state index contributed by atoms with van der Waals surface area (Å²) < 4.78 is 4.64. The zero-order chi connectivity index (χ0) is 12.0. The maximum atomic E-state index is 11.3. The highest BCUT2D eigenvalue weighted by Crippen LogP contribution is 2.17. The Morgan fingerprint density at radius 1 is 1.44 bits per heavy atom. The predicted molar refractivity (Wildman–Crippen MR) is 67.2 cm³/mol. The van der Waals surface area contributed by atoms with Gasteiger partial charge in [0.25, 0.3) is 0 Å². The van der Waals surface area contributed by atoms with Crippen LogP contribution in [-0.4, -0.2) is 24.4 Å². The SMILES string of the molecule is COC(=O)[C@@](C)(N)CSCc1ccccc1. The van der Waals surface area contributed by atoms with Crippen molar-refractivity contribution < 1.29 is 9.53 Å². The number of thioether (sulfide) groups is 1. The Bertz CT molecular complexity index is 338. The molecular formula is C12H17NO2S. The largest absolute Gasteiger partial charge is 0.468 e. The van der Waals surface area contributed by atoms with Crippen LogP contribution in [0.2, 0.25) is 0 Å². The van der Waals surface area contributed by atoms with Gasteiger partial charge in [-0.15, -0.1) is 0 Å². The van der Waals surface area contributed by atoms with Crippen molar-refractivity contribution in [2.45, 2.75) is 18.2 Å². The summed E-state index contributed by atoms with van der Waals surface area (Å²) in [6.07, 6.45) is 0. The summed E-state index contributed by atoms with van der Waals surface area (Å²) in [7, 11) is 1.36. The van der Waals surface area contributed by atoms with Gasteiger partial charge in [-0.25, -0.2) is 0 Å². The number of hydrogen-bond acceptors (Lipinski definition) is 4. The van der Waals surface area contributed by atoms with Crippen LogP contribution in [0.4, 0.5) is 0 Å². The molecule has 0 saturated carbocycles. The van der Waals surface area contributed by atoms with E-state index in [2.05, 4.69) is 16.9 Å². The molecule has 1 rings (SSSR count). The van der Waals surface area contributed by atoms with Gasteiger partial charge in [0.1, 0.15) is 5.54 Å². The Hall–Kier alpha value is -1.00. The quantitative estimate of drug-likeness (QED) is 0.796. The Balaban J connectivity index is 2.38. The highest BCUT2D eigenvalue weighted by atomic mass is 32.2. The second kappa shape index (κ2) is 5.92. The Morgan fingerprint density at radius 2 is 2.06 bits per heavy atom. The van der Waals surface area contributed by atoms with Crippen LogP contribution in [-0.2, 0) is 15.3 Å². The lowest BCUT2D eigenvalue weighted by atomic mass is 10.1. The topological polar surface area (TPSA) is 52.3 Å². The molecular weight excluding hydrogens is 222 g/mol. The molecule has 0 spiro atoms. The highest BCUT2D eigenvalue weighted by molar-refractivity contribution is 7.98. The van der Waals surface area contributed by atoms with Gasteiger partial charge in [0, 0.05) is 11.5 Å². The Morgan fingerprint density at radius 3 is 2.62 bits per heavy atom. The zero-order valence-corrected chi connectivity index (χ0v) is 10.4. The normalized spacial score (nSPS) is 14.2. The lowest BCUT2D eigenvalue weighted by molar-refractivity contribution is -0.145. The monoisotopic (exact) mass is 239 g/mol. The first kappa shape index (κ1) is 13.1. The average molecular weight is 239 g/mol. The van der Waals surface area contributed by atoms with E-state index in [0.29, 0.717) is 5.75 Å². The minimum atomic E-state index is -0.909. The molecule has 0 saturated heterocycles. The second-order valence-corrected chi connectivity index (χ2v) is 4.87. The van der Waals surface area contributed by atoms with Crippen LogP contribution in [0.25, 0.3) is 0 Å². The van der Waals surface area contributed by atoms with Gasteiger partial charge < -0.3 is 10.5 Å². The third-order valence-electron chi connectivity index (χ3n) is 2.17. The van der Waals surface area contributed by atoms with Crippen molar-refractivity contribution in [1.29, 1.82) is 0 Å². The van der Waals surface area contributed by atoms with E-state index in [9.17, 15) is 4.79 Å². The highest BCUT2D eigenvalue weighted by Gasteiger charge is 2.29. The van der Waals surface area contributed by atoms with Crippen molar-refractivity contribution in [2.75, 3.05) is 12.9 Å². The maximum Gasteiger partial charge on any atom is 0.326 e. The number of carbonyl (C=O) groups excluding carboxylic acids is 1. The Labute approximate surface area is 100 Å². The fraction of sp³-hybridized carbons (Fsp3) is 0.417. The summed E-state index contributed by atoms with van der Waals surface area (Å²) in [5.74, 6) is 1.03. The fourth-order valence-electron chi connectivity index (χ4n) is 1.25. The molecule has 0 heterocycles. The number of esters is 1. The second-order valence-electron chi connectivity index (χ2n) is 3.89. The van der Waals surface area contributed by atoms with Crippen LogP contribution >= 0.6 is 11.8 Å². The standard InChI is InChI=1S/C12H17NO2S/c1-12(13,11(14)15-2)9-16-8-10-6-4-3-5-7-10/h3-7H,8-9,13H2,1-2H3/t12-/m0/s1. The number of nitrogens with two attached hydrogens (primary N) is 1. The summed E-state index contributed by atoms with van der Waals surface area (Å²) in [6, 6.07) is 10.1. The number of ether oxygens (including phenoxy) is 1. The molecule has 0 aliphatic heterocycles. The number of hydrogen-bond donors (Lipinski definition) is 1. The maximum absolute atomic E-state index is 11.3.